The molecule has 1 aliphatic heterocycles. The number of nitrogens with one attached hydrogen (secondary N) is 1. The molecule has 2 aromatic rings. The van der Waals surface area contributed by atoms with Crippen molar-refractivity contribution in [3.63, 3.8) is 0 Å². The molecule has 2 heterocycles. The summed E-state index contributed by atoms with van der Waals surface area (Å²) in [5, 5.41) is 16.3. The third-order valence-electron chi connectivity index (χ3n) is 4.77. The SMILES string of the molecule is CC1(C)Cc2c(sc(NC(=O)c3cccc([N+](=O)[O-])c3)c2C(N)=O)C(C)(C)[NH2+]1. The van der Waals surface area contributed by atoms with E-state index in [1.807, 2.05) is 0 Å². The van der Waals surface area contributed by atoms with E-state index in [4.69, 9.17) is 5.73 Å². The Hall–Kier alpha value is -2.78. The second-order valence-corrected chi connectivity index (χ2v) is 9.29. The molecule has 0 spiro atoms. The van der Waals surface area contributed by atoms with E-state index >= 15 is 0 Å². The molecule has 0 atom stereocenters. The van der Waals surface area contributed by atoms with Crippen molar-refractivity contribution in [2.75, 3.05) is 5.32 Å². The fraction of sp³-hybridized carbons (Fsp3) is 0.368. The largest absolute Gasteiger partial charge is 0.365 e. The summed E-state index contributed by atoms with van der Waals surface area (Å²) in [5.41, 5.74) is 6.41. The second kappa shape index (κ2) is 6.68. The van der Waals surface area contributed by atoms with Crippen LogP contribution in [0.4, 0.5) is 10.7 Å². The summed E-state index contributed by atoms with van der Waals surface area (Å²) < 4.78 is 0. The molecule has 0 saturated carbocycles. The van der Waals surface area contributed by atoms with Crippen LogP contribution < -0.4 is 16.4 Å². The summed E-state index contributed by atoms with van der Waals surface area (Å²) >= 11 is 1.33. The van der Waals surface area contributed by atoms with Gasteiger partial charge in [0.1, 0.15) is 10.5 Å². The van der Waals surface area contributed by atoms with Crippen LogP contribution in [0.1, 0.15) is 58.9 Å². The van der Waals surface area contributed by atoms with E-state index < -0.39 is 16.7 Å². The van der Waals surface area contributed by atoms with Crippen molar-refractivity contribution in [3.8, 4) is 0 Å². The molecule has 1 aromatic carbocycles. The minimum absolute atomic E-state index is 0.122. The molecule has 1 aliphatic rings. The van der Waals surface area contributed by atoms with E-state index in [2.05, 4.69) is 38.3 Å². The summed E-state index contributed by atoms with van der Waals surface area (Å²) in [6, 6.07) is 5.45. The van der Waals surface area contributed by atoms with Crippen molar-refractivity contribution < 1.29 is 19.8 Å². The molecule has 148 valence electrons. The van der Waals surface area contributed by atoms with Crippen LogP contribution in [-0.4, -0.2) is 22.3 Å². The summed E-state index contributed by atoms with van der Waals surface area (Å²) in [6.07, 6.45) is 0.646. The van der Waals surface area contributed by atoms with Crippen molar-refractivity contribution in [2.45, 2.75) is 45.2 Å². The number of nitro benzene ring substituents is 1. The van der Waals surface area contributed by atoms with Gasteiger partial charge in [0.2, 0.25) is 0 Å². The van der Waals surface area contributed by atoms with Crippen LogP contribution in [0, 0.1) is 10.1 Å². The molecule has 1 aromatic heterocycles. The molecule has 0 unspecified atom stereocenters. The maximum absolute atomic E-state index is 12.7. The van der Waals surface area contributed by atoms with Crippen LogP contribution in [0.15, 0.2) is 24.3 Å². The Morgan fingerprint density at radius 2 is 1.96 bits per heavy atom. The lowest BCUT2D eigenvalue weighted by Crippen LogP contribution is -3.03. The standard InChI is InChI=1S/C19H22N4O4S/c1-18(2)9-12-13(15(20)24)17(28-14(12)19(3,4)22-18)21-16(25)10-6-5-7-11(8-10)23(26)27/h5-8,22H,9H2,1-4H3,(H2,20,24)(H,21,25)/p+1. The summed E-state index contributed by atoms with van der Waals surface area (Å²) in [6.45, 7) is 8.34. The van der Waals surface area contributed by atoms with Gasteiger partial charge >= 0.3 is 0 Å². The monoisotopic (exact) mass is 403 g/mol. The van der Waals surface area contributed by atoms with Gasteiger partial charge in [-0.25, -0.2) is 0 Å². The molecule has 5 N–H and O–H groups in total. The number of fused-ring (bicyclic) bond motifs is 1. The number of rotatable bonds is 4. The molecule has 0 fully saturated rings. The molecule has 8 nitrogen and oxygen atoms in total. The van der Waals surface area contributed by atoms with Gasteiger partial charge in [0, 0.05) is 24.1 Å². The predicted molar refractivity (Wildman–Crippen MR) is 107 cm³/mol. The molecular weight excluding hydrogens is 380 g/mol. The zero-order valence-corrected chi connectivity index (χ0v) is 17.0. The predicted octanol–water partition coefficient (Wildman–Crippen LogP) is 2.14. The highest BCUT2D eigenvalue weighted by Gasteiger charge is 2.45. The number of anilines is 1. The van der Waals surface area contributed by atoms with Crippen LogP contribution in [-0.2, 0) is 12.0 Å². The number of carbonyl (C=O) groups is 2. The first-order valence-electron chi connectivity index (χ1n) is 8.80. The van der Waals surface area contributed by atoms with Gasteiger partial charge in [-0.15, -0.1) is 11.3 Å². The summed E-state index contributed by atoms with van der Waals surface area (Å²) in [4.78, 5) is 36.3. The Balaban J connectivity index is 2.03. The normalized spacial score (nSPS) is 16.9. The summed E-state index contributed by atoms with van der Waals surface area (Å²) in [5.74, 6) is -1.12. The Morgan fingerprint density at radius 3 is 2.57 bits per heavy atom. The Labute approximate surface area is 166 Å². The first kappa shape index (κ1) is 20.0. The number of nitro groups is 1. The van der Waals surface area contributed by atoms with Crippen molar-refractivity contribution in [2.24, 2.45) is 5.73 Å². The van der Waals surface area contributed by atoms with Gasteiger partial charge in [0.25, 0.3) is 17.5 Å². The van der Waals surface area contributed by atoms with Crippen molar-refractivity contribution >= 4 is 33.8 Å². The Morgan fingerprint density at radius 1 is 1.29 bits per heavy atom. The van der Waals surface area contributed by atoms with Gasteiger partial charge in [-0.05, 0) is 39.3 Å². The minimum Gasteiger partial charge on any atom is -0.365 e. The molecule has 0 bridgehead atoms. The van der Waals surface area contributed by atoms with Crippen molar-refractivity contribution in [1.82, 2.24) is 0 Å². The zero-order chi connectivity index (χ0) is 20.9. The number of benzene rings is 1. The zero-order valence-electron chi connectivity index (χ0n) is 16.2. The van der Waals surface area contributed by atoms with Gasteiger partial charge < -0.3 is 16.4 Å². The average Bonchev–Trinajstić information content (AvgIpc) is 2.91. The number of non-ortho nitro benzene ring substituents is 1. The first-order valence-corrected chi connectivity index (χ1v) is 9.62. The van der Waals surface area contributed by atoms with E-state index in [1.165, 1.54) is 35.6 Å². The number of hydrogen-bond donors (Lipinski definition) is 3. The van der Waals surface area contributed by atoms with E-state index in [0.717, 1.165) is 10.4 Å². The fourth-order valence-corrected chi connectivity index (χ4v) is 5.28. The highest BCUT2D eigenvalue weighted by atomic mass is 32.1. The molecule has 3 rings (SSSR count). The van der Waals surface area contributed by atoms with Crippen LogP contribution >= 0.6 is 11.3 Å². The van der Waals surface area contributed by atoms with E-state index in [0.29, 0.717) is 17.0 Å². The van der Waals surface area contributed by atoms with Crippen LogP contribution in [0.2, 0.25) is 0 Å². The lowest BCUT2D eigenvalue weighted by molar-refractivity contribution is -0.789. The average molecular weight is 403 g/mol. The van der Waals surface area contributed by atoms with Gasteiger partial charge in [0.05, 0.1) is 20.9 Å². The Bertz CT molecular complexity index is 994. The minimum atomic E-state index is -0.597. The van der Waals surface area contributed by atoms with Crippen LogP contribution in [0.5, 0.6) is 0 Å². The number of nitrogens with zero attached hydrogens (tertiary/aromatic N) is 1. The molecule has 0 saturated heterocycles. The van der Waals surface area contributed by atoms with Crippen molar-refractivity contribution in [3.05, 3.63) is 55.9 Å². The van der Waals surface area contributed by atoms with E-state index in [9.17, 15) is 19.7 Å². The lowest BCUT2D eigenvalue weighted by atomic mass is 9.81. The highest BCUT2D eigenvalue weighted by molar-refractivity contribution is 7.17. The molecule has 0 radical (unpaired) electrons. The van der Waals surface area contributed by atoms with E-state index in [1.54, 1.807) is 0 Å². The quantitative estimate of drug-likeness (QED) is 0.533. The third kappa shape index (κ3) is 3.63. The number of primary amides is 1. The number of carbonyl (C=O) groups excluding carboxylic acids is 2. The van der Waals surface area contributed by atoms with E-state index in [-0.39, 0.29) is 22.3 Å². The molecule has 28 heavy (non-hydrogen) atoms. The molecule has 2 amide bonds. The number of amides is 2. The number of hydrogen-bond acceptors (Lipinski definition) is 5. The van der Waals surface area contributed by atoms with Gasteiger partial charge in [-0.3, -0.25) is 19.7 Å². The summed E-state index contributed by atoms with van der Waals surface area (Å²) in [7, 11) is 0. The van der Waals surface area contributed by atoms with Crippen LogP contribution in [0.3, 0.4) is 0 Å². The smallest absolute Gasteiger partial charge is 0.270 e. The second-order valence-electron chi connectivity index (χ2n) is 8.27. The molecule has 0 aliphatic carbocycles. The first-order chi connectivity index (χ1) is 12.9. The highest BCUT2D eigenvalue weighted by Crippen LogP contribution is 2.42. The van der Waals surface area contributed by atoms with Crippen LogP contribution in [0.25, 0.3) is 0 Å². The lowest BCUT2D eigenvalue weighted by Gasteiger charge is -2.38. The van der Waals surface area contributed by atoms with Gasteiger partial charge in [-0.2, -0.15) is 0 Å². The number of thiophene rings is 1. The van der Waals surface area contributed by atoms with Gasteiger partial charge in [0.15, 0.2) is 0 Å². The maximum Gasteiger partial charge on any atom is 0.270 e. The molecular formula is C19H23N4O4S+. The topological polar surface area (TPSA) is 132 Å². The van der Waals surface area contributed by atoms with Gasteiger partial charge in [-0.1, -0.05) is 6.07 Å². The Kier molecular flexibility index (Phi) is 4.76. The number of nitrogens with two attached hydrogens (primary N) is 2. The maximum atomic E-state index is 12.7. The third-order valence-corrected chi connectivity index (χ3v) is 6.26. The number of quaternary nitrogens is 1. The fourth-order valence-electron chi connectivity index (χ4n) is 3.99. The molecule has 9 heteroatoms. The van der Waals surface area contributed by atoms with Crippen molar-refractivity contribution in [1.29, 1.82) is 0 Å².